The standard InChI is InChI=1S/C23H28N4O4/c1-17-8-6-7-11-22(17)31-16-23(28)25-24-15-18-14-20(27(29)30)12-13-21(18)26(2)19-9-4-3-5-10-19/h6-8,11-15,19H,3-5,9-10,16H2,1-2H3,(H,25,28)/b24-15-. The molecular weight excluding hydrogens is 396 g/mol. The second-order valence-corrected chi connectivity index (χ2v) is 7.75. The number of nitro benzene ring substituents is 1. The number of hydrazone groups is 1. The third-order valence-corrected chi connectivity index (χ3v) is 5.57. The average Bonchev–Trinajstić information content (AvgIpc) is 2.78. The predicted molar refractivity (Wildman–Crippen MR) is 121 cm³/mol. The van der Waals surface area contributed by atoms with Crippen LogP contribution in [0.5, 0.6) is 5.75 Å². The fourth-order valence-corrected chi connectivity index (χ4v) is 3.81. The lowest BCUT2D eigenvalue weighted by Gasteiger charge is -2.33. The summed E-state index contributed by atoms with van der Waals surface area (Å²) in [5.41, 5.74) is 4.79. The number of nitrogens with one attached hydrogen (secondary N) is 1. The van der Waals surface area contributed by atoms with Crippen LogP contribution < -0.4 is 15.1 Å². The Bertz CT molecular complexity index is 954. The van der Waals surface area contributed by atoms with Crippen molar-refractivity contribution in [2.45, 2.75) is 45.1 Å². The molecule has 1 aliphatic rings. The zero-order valence-electron chi connectivity index (χ0n) is 17.9. The van der Waals surface area contributed by atoms with E-state index in [-0.39, 0.29) is 12.3 Å². The SMILES string of the molecule is Cc1ccccc1OCC(=O)N/N=C\c1cc([N+](=O)[O-])ccc1N(C)C1CCCCC1. The maximum atomic E-state index is 12.1. The Balaban J connectivity index is 1.68. The molecule has 1 fully saturated rings. The Kier molecular flexibility index (Phi) is 7.59. The Morgan fingerprint density at radius 3 is 2.71 bits per heavy atom. The molecule has 3 rings (SSSR count). The predicted octanol–water partition coefficient (Wildman–Crippen LogP) is 4.20. The molecule has 0 heterocycles. The summed E-state index contributed by atoms with van der Waals surface area (Å²) in [5.74, 6) is 0.226. The smallest absolute Gasteiger partial charge is 0.277 e. The van der Waals surface area contributed by atoms with Gasteiger partial charge in [-0.05, 0) is 37.5 Å². The van der Waals surface area contributed by atoms with Gasteiger partial charge in [0.25, 0.3) is 11.6 Å². The van der Waals surface area contributed by atoms with E-state index in [9.17, 15) is 14.9 Å². The van der Waals surface area contributed by atoms with E-state index < -0.39 is 10.8 Å². The van der Waals surface area contributed by atoms with Gasteiger partial charge in [0.05, 0.1) is 11.1 Å². The summed E-state index contributed by atoms with van der Waals surface area (Å²) in [6.45, 7) is 1.73. The summed E-state index contributed by atoms with van der Waals surface area (Å²) in [5, 5.41) is 15.2. The number of hydrogen-bond donors (Lipinski definition) is 1. The Morgan fingerprint density at radius 1 is 1.26 bits per heavy atom. The number of nitro groups is 1. The number of non-ortho nitro benzene ring substituents is 1. The number of nitrogens with zero attached hydrogens (tertiary/aromatic N) is 3. The molecule has 1 N–H and O–H groups in total. The normalized spacial score (nSPS) is 14.4. The second kappa shape index (κ2) is 10.6. The molecule has 2 aromatic carbocycles. The zero-order valence-corrected chi connectivity index (χ0v) is 17.9. The number of para-hydroxylation sites is 1. The van der Waals surface area contributed by atoms with Crippen molar-refractivity contribution in [3.8, 4) is 5.75 Å². The fourth-order valence-electron chi connectivity index (χ4n) is 3.81. The van der Waals surface area contributed by atoms with Crippen LogP contribution in [0.1, 0.15) is 43.2 Å². The minimum atomic E-state index is -0.434. The lowest BCUT2D eigenvalue weighted by Crippen LogP contribution is -2.34. The van der Waals surface area contributed by atoms with Crippen LogP contribution in [0.3, 0.4) is 0 Å². The minimum absolute atomic E-state index is 0.0172. The molecule has 0 spiro atoms. The molecule has 1 amide bonds. The maximum Gasteiger partial charge on any atom is 0.277 e. The van der Waals surface area contributed by atoms with Crippen molar-refractivity contribution in [2.75, 3.05) is 18.6 Å². The molecule has 31 heavy (non-hydrogen) atoms. The second-order valence-electron chi connectivity index (χ2n) is 7.75. The Hall–Kier alpha value is -3.42. The summed E-state index contributed by atoms with van der Waals surface area (Å²) in [6.07, 6.45) is 7.25. The average molecular weight is 425 g/mol. The molecule has 8 nitrogen and oxygen atoms in total. The van der Waals surface area contributed by atoms with Crippen molar-refractivity contribution in [3.63, 3.8) is 0 Å². The van der Waals surface area contributed by atoms with E-state index in [2.05, 4.69) is 15.4 Å². The first-order valence-electron chi connectivity index (χ1n) is 10.5. The van der Waals surface area contributed by atoms with Gasteiger partial charge in [0.1, 0.15) is 5.75 Å². The number of carbonyl (C=O) groups is 1. The van der Waals surface area contributed by atoms with Crippen molar-refractivity contribution in [1.82, 2.24) is 5.43 Å². The molecule has 164 valence electrons. The van der Waals surface area contributed by atoms with Crippen molar-refractivity contribution in [1.29, 1.82) is 0 Å². The third-order valence-electron chi connectivity index (χ3n) is 5.57. The van der Waals surface area contributed by atoms with Gasteiger partial charge in [-0.15, -0.1) is 0 Å². The Labute approximate surface area is 182 Å². The number of anilines is 1. The quantitative estimate of drug-likeness (QED) is 0.389. The lowest BCUT2D eigenvalue weighted by molar-refractivity contribution is -0.384. The van der Waals surface area contributed by atoms with Crippen molar-refractivity contribution < 1.29 is 14.5 Å². The van der Waals surface area contributed by atoms with Crippen LogP contribution in [0.25, 0.3) is 0 Å². The number of rotatable bonds is 8. The zero-order chi connectivity index (χ0) is 22.2. The molecule has 0 bridgehead atoms. The number of aryl methyl sites for hydroxylation is 1. The summed E-state index contributed by atoms with van der Waals surface area (Å²) < 4.78 is 5.51. The van der Waals surface area contributed by atoms with Gasteiger partial charge in [0.2, 0.25) is 0 Å². The maximum absolute atomic E-state index is 12.1. The first-order valence-corrected chi connectivity index (χ1v) is 10.5. The van der Waals surface area contributed by atoms with Crippen LogP contribution in [-0.4, -0.2) is 36.7 Å². The molecule has 0 aromatic heterocycles. The Morgan fingerprint density at radius 2 is 2.00 bits per heavy atom. The molecule has 8 heteroatoms. The van der Waals surface area contributed by atoms with Crippen molar-refractivity contribution in [2.24, 2.45) is 5.10 Å². The highest BCUT2D eigenvalue weighted by Gasteiger charge is 2.21. The van der Waals surface area contributed by atoms with E-state index in [0.29, 0.717) is 17.4 Å². The van der Waals surface area contributed by atoms with Gasteiger partial charge in [-0.3, -0.25) is 14.9 Å². The van der Waals surface area contributed by atoms with Gasteiger partial charge in [0.15, 0.2) is 6.61 Å². The number of amides is 1. The first-order chi connectivity index (χ1) is 15.0. The number of carbonyl (C=O) groups excluding carboxylic acids is 1. The molecule has 0 atom stereocenters. The lowest BCUT2D eigenvalue weighted by atomic mass is 9.94. The van der Waals surface area contributed by atoms with Crippen LogP contribution >= 0.6 is 0 Å². The van der Waals surface area contributed by atoms with Gasteiger partial charge < -0.3 is 9.64 Å². The molecule has 0 saturated heterocycles. The van der Waals surface area contributed by atoms with E-state index in [4.69, 9.17) is 4.74 Å². The largest absolute Gasteiger partial charge is 0.483 e. The third kappa shape index (κ3) is 6.04. The van der Waals surface area contributed by atoms with Crippen LogP contribution in [-0.2, 0) is 4.79 Å². The molecule has 0 aliphatic heterocycles. The van der Waals surface area contributed by atoms with Crippen molar-refractivity contribution in [3.05, 3.63) is 63.7 Å². The van der Waals surface area contributed by atoms with Crippen LogP contribution in [0.15, 0.2) is 47.6 Å². The monoisotopic (exact) mass is 424 g/mol. The molecular formula is C23H28N4O4. The molecule has 1 saturated carbocycles. The van der Waals surface area contributed by atoms with Crippen molar-refractivity contribution >= 4 is 23.5 Å². The highest BCUT2D eigenvalue weighted by atomic mass is 16.6. The minimum Gasteiger partial charge on any atom is -0.483 e. The highest BCUT2D eigenvalue weighted by molar-refractivity contribution is 5.90. The van der Waals surface area contributed by atoms with Crippen LogP contribution in [0.4, 0.5) is 11.4 Å². The van der Waals surface area contributed by atoms with E-state index in [1.165, 1.54) is 37.6 Å². The fraction of sp³-hybridized carbons (Fsp3) is 0.391. The van der Waals surface area contributed by atoms with E-state index in [1.807, 2.05) is 32.2 Å². The summed E-state index contributed by atoms with van der Waals surface area (Å²) in [7, 11) is 2.00. The summed E-state index contributed by atoms with van der Waals surface area (Å²) >= 11 is 0. The highest BCUT2D eigenvalue weighted by Crippen LogP contribution is 2.30. The number of hydrogen-bond acceptors (Lipinski definition) is 6. The topological polar surface area (TPSA) is 97.1 Å². The van der Waals surface area contributed by atoms with E-state index in [0.717, 1.165) is 24.1 Å². The van der Waals surface area contributed by atoms with Crippen LogP contribution in [0, 0.1) is 17.0 Å². The molecule has 0 radical (unpaired) electrons. The van der Waals surface area contributed by atoms with Gasteiger partial charge >= 0.3 is 0 Å². The molecule has 2 aromatic rings. The van der Waals surface area contributed by atoms with E-state index >= 15 is 0 Å². The number of ether oxygens (including phenoxy) is 1. The molecule has 0 unspecified atom stereocenters. The van der Waals surface area contributed by atoms with Gasteiger partial charge in [-0.2, -0.15) is 5.10 Å². The molecule has 1 aliphatic carbocycles. The number of benzene rings is 2. The van der Waals surface area contributed by atoms with Crippen LogP contribution in [0.2, 0.25) is 0 Å². The van der Waals surface area contributed by atoms with E-state index in [1.54, 1.807) is 12.1 Å². The first kappa shape index (κ1) is 22.3. The van der Waals surface area contributed by atoms with Gasteiger partial charge in [0, 0.05) is 36.5 Å². The van der Waals surface area contributed by atoms with Gasteiger partial charge in [-0.25, -0.2) is 5.43 Å². The summed E-state index contributed by atoms with van der Waals surface area (Å²) in [6, 6.07) is 12.5. The van der Waals surface area contributed by atoms with Gasteiger partial charge in [-0.1, -0.05) is 37.5 Å². The summed E-state index contributed by atoms with van der Waals surface area (Å²) in [4.78, 5) is 25.0.